The van der Waals surface area contributed by atoms with Crippen LogP contribution < -0.4 is 0 Å². The van der Waals surface area contributed by atoms with Gasteiger partial charge < -0.3 is 0 Å². The molecule has 1 saturated carbocycles. The van der Waals surface area contributed by atoms with Gasteiger partial charge in [0.15, 0.2) is 0 Å². The third-order valence-electron chi connectivity index (χ3n) is 2.70. The molecular weight excluding hydrogens is 168 g/mol. The summed E-state index contributed by atoms with van der Waals surface area (Å²) >= 11 is 1.85. The Morgan fingerprint density at radius 1 is 1.58 bits per heavy atom. The molecule has 0 bridgehead atoms. The largest absolute Gasteiger partial charge is 0.299 e. The molecular formula is C10H18OS. The molecule has 70 valence electrons. The number of hydrogen-bond acceptors (Lipinski definition) is 2. The van der Waals surface area contributed by atoms with Crippen LogP contribution in [0.4, 0.5) is 0 Å². The lowest BCUT2D eigenvalue weighted by molar-refractivity contribution is -0.125. The van der Waals surface area contributed by atoms with E-state index in [1.165, 1.54) is 0 Å². The highest BCUT2D eigenvalue weighted by atomic mass is 32.2. The van der Waals surface area contributed by atoms with E-state index in [9.17, 15) is 4.79 Å². The Hall–Kier alpha value is 0.0200. The highest BCUT2D eigenvalue weighted by Crippen LogP contribution is 2.28. The van der Waals surface area contributed by atoms with Gasteiger partial charge in [-0.25, -0.2) is 0 Å². The zero-order chi connectivity index (χ0) is 8.97. The van der Waals surface area contributed by atoms with E-state index in [4.69, 9.17) is 0 Å². The minimum Gasteiger partial charge on any atom is -0.299 e. The summed E-state index contributed by atoms with van der Waals surface area (Å²) in [4.78, 5) is 11.4. The average molecular weight is 186 g/mol. The molecule has 2 heteroatoms. The van der Waals surface area contributed by atoms with Crippen molar-refractivity contribution >= 4 is 17.5 Å². The molecule has 1 rings (SSSR count). The molecule has 0 aromatic carbocycles. The molecule has 1 aliphatic rings. The fourth-order valence-corrected chi connectivity index (χ4v) is 2.39. The van der Waals surface area contributed by atoms with Gasteiger partial charge in [-0.2, -0.15) is 11.8 Å². The van der Waals surface area contributed by atoms with Gasteiger partial charge in [-0.1, -0.05) is 6.92 Å². The Kier molecular flexibility index (Phi) is 4.13. The molecule has 0 N–H and O–H groups in total. The molecule has 2 atom stereocenters. The average Bonchev–Trinajstić information content (AvgIpc) is 2.07. The summed E-state index contributed by atoms with van der Waals surface area (Å²) < 4.78 is 0. The Labute approximate surface area is 79.3 Å². The monoisotopic (exact) mass is 186 g/mol. The molecule has 0 aromatic rings. The first-order chi connectivity index (χ1) is 5.74. The van der Waals surface area contributed by atoms with Gasteiger partial charge >= 0.3 is 0 Å². The highest BCUT2D eigenvalue weighted by Gasteiger charge is 2.25. The maximum absolute atomic E-state index is 11.4. The number of carbonyl (C=O) groups is 1. The Balaban J connectivity index is 2.33. The molecule has 0 saturated heterocycles. The fourth-order valence-electron chi connectivity index (χ4n) is 1.87. The maximum atomic E-state index is 11.4. The van der Waals surface area contributed by atoms with Gasteiger partial charge in [0.1, 0.15) is 5.78 Å². The Morgan fingerprint density at radius 3 is 3.00 bits per heavy atom. The van der Waals surface area contributed by atoms with Crippen LogP contribution in [0.25, 0.3) is 0 Å². The number of carbonyl (C=O) groups excluding carboxylic acids is 1. The van der Waals surface area contributed by atoms with Crippen LogP contribution in [0.2, 0.25) is 0 Å². The third kappa shape index (κ3) is 2.81. The summed E-state index contributed by atoms with van der Waals surface area (Å²) in [6.07, 6.45) is 6.30. The van der Waals surface area contributed by atoms with Gasteiger partial charge in [0.2, 0.25) is 0 Å². The standard InChI is InChI=1S/C10H18OS/c1-8-3-4-10(11)9(7-8)5-6-12-2/h8-9H,3-7H2,1-2H3. The summed E-state index contributed by atoms with van der Waals surface area (Å²) in [5.74, 6) is 2.82. The summed E-state index contributed by atoms with van der Waals surface area (Å²) in [5, 5.41) is 0. The first-order valence-electron chi connectivity index (χ1n) is 4.75. The van der Waals surface area contributed by atoms with E-state index < -0.39 is 0 Å². The molecule has 0 aromatic heterocycles. The quantitative estimate of drug-likeness (QED) is 0.674. The van der Waals surface area contributed by atoms with Crippen LogP contribution >= 0.6 is 11.8 Å². The number of thioether (sulfide) groups is 1. The zero-order valence-corrected chi connectivity index (χ0v) is 8.82. The Morgan fingerprint density at radius 2 is 2.33 bits per heavy atom. The van der Waals surface area contributed by atoms with Crippen LogP contribution in [0.5, 0.6) is 0 Å². The van der Waals surface area contributed by atoms with Crippen molar-refractivity contribution in [1.29, 1.82) is 0 Å². The fraction of sp³-hybridized carbons (Fsp3) is 0.900. The normalized spacial score (nSPS) is 30.7. The second-order valence-corrected chi connectivity index (χ2v) is 4.81. The second-order valence-electron chi connectivity index (χ2n) is 3.82. The van der Waals surface area contributed by atoms with E-state index in [0.717, 1.165) is 37.4 Å². The van der Waals surface area contributed by atoms with Crippen molar-refractivity contribution in [3.8, 4) is 0 Å². The van der Waals surface area contributed by atoms with Gasteiger partial charge in [0, 0.05) is 12.3 Å². The zero-order valence-electron chi connectivity index (χ0n) is 8.01. The van der Waals surface area contributed by atoms with Crippen molar-refractivity contribution < 1.29 is 4.79 Å². The molecule has 2 unspecified atom stereocenters. The van der Waals surface area contributed by atoms with Crippen molar-refractivity contribution in [2.75, 3.05) is 12.0 Å². The van der Waals surface area contributed by atoms with Crippen LogP contribution in [0.15, 0.2) is 0 Å². The van der Waals surface area contributed by atoms with Crippen molar-refractivity contribution in [2.24, 2.45) is 11.8 Å². The first-order valence-corrected chi connectivity index (χ1v) is 6.15. The van der Waals surface area contributed by atoms with E-state index in [2.05, 4.69) is 13.2 Å². The van der Waals surface area contributed by atoms with Crippen molar-refractivity contribution in [1.82, 2.24) is 0 Å². The minimum absolute atomic E-state index is 0.390. The lowest BCUT2D eigenvalue weighted by Gasteiger charge is -2.25. The van der Waals surface area contributed by atoms with Crippen LogP contribution in [-0.4, -0.2) is 17.8 Å². The SMILES string of the molecule is CSCCC1CC(C)CCC1=O. The van der Waals surface area contributed by atoms with Crippen LogP contribution in [0, 0.1) is 11.8 Å². The first kappa shape index (κ1) is 10.1. The van der Waals surface area contributed by atoms with E-state index in [1.807, 2.05) is 11.8 Å². The molecule has 0 amide bonds. The smallest absolute Gasteiger partial charge is 0.136 e. The molecule has 0 heterocycles. The van der Waals surface area contributed by atoms with Crippen molar-refractivity contribution in [3.05, 3.63) is 0 Å². The summed E-state index contributed by atoms with van der Waals surface area (Å²) in [7, 11) is 0. The van der Waals surface area contributed by atoms with Gasteiger partial charge in [-0.3, -0.25) is 4.79 Å². The number of ketones is 1. The molecule has 1 nitrogen and oxygen atoms in total. The van der Waals surface area contributed by atoms with Crippen LogP contribution in [-0.2, 0) is 4.79 Å². The maximum Gasteiger partial charge on any atom is 0.136 e. The van der Waals surface area contributed by atoms with Crippen molar-refractivity contribution in [3.63, 3.8) is 0 Å². The summed E-state index contributed by atoms with van der Waals surface area (Å²) in [6, 6.07) is 0. The topological polar surface area (TPSA) is 17.1 Å². The number of Topliss-reactive ketones (excluding diaryl/α,β-unsaturated/α-hetero) is 1. The minimum atomic E-state index is 0.390. The lowest BCUT2D eigenvalue weighted by atomic mass is 9.80. The van der Waals surface area contributed by atoms with Crippen LogP contribution in [0.3, 0.4) is 0 Å². The molecule has 0 spiro atoms. The van der Waals surface area contributed by atoms with E-state index >= 15 is 0 Å². The lowest BCUT2D eigenvalue weighted by Crippen LogP contribution is -2.24. The molecule has 1 aliphatic carbocycles. The predicted octanol–water partition coefficient (Wildman–Crippen LogP) is 2.74. The summed E-state index contributed by atoms with van der Waals surface area (Å²) in [6.45, 7) is 2.26. The van der Waals surface area contributed by atoms with E-state index in [0.29, 0.717) is 11.7 Å². The third-order valence-corrected chi connectivity index (χ3v) is 3.34. The molecule has 0 radical (unpaired) electrons. The second kappa shape index (κ2) is 4.90. The van der Waals surface area contributed by atoms with Gasteiger partial charge in [-0.15, -0.1) is 0 Å². The van der Waals surface area contributed by atoms with Gasteiger partial charge in [0.25, 0.3) is 0 Å². The summed E-state index contributed by atoms with van der Waals surface area (Å²) in [5.41, 5.74) is 0. The number of hydrogen-bond donors (Lipinski definition) is 0. The van der Waals surface area contributed by atoms with Gasteiger partial charge in [0.05, 0.1) is 0 Å². The van der Waals surface area contributed by atoms with E-state index in [-0.39, 0.29) is 0 Å². The molecule has 1 fully saturated rings. The Bertz CT molecular complexity index is 156. The van der Waals surface area contributed by atoms with E-state index in [1.54, 1.807) is 0 Å². The molecule has 12 heavy (non-hydrogen) atoms. The van der Waals surface area contributed by atoms with Gasteiger partial charge in [-0.05, 0) is 37.2 Å². The predicted molar refractivity (Wildman–Crippen MR) is 54.5 cm³/mol. The van der Waals surface area contributed by atoms with Crippen molar-refractivity contribution in [2.45, 2.75) is 32.6 Å². The number of rotatable bonds is 3. The molecule has 0 aliphatic heterocycles. The van der Waals surface area contributed by atoms with Crippen LogP contribution in [0.1, 0.15) is 32.6 Å². The highest BCUT2D eigenvalue weighted by molar-refractivity contribution is 7.98.